The number of benzene rings is 1. The lowest BCUT2D eigenvalue weighted by Gasteiger charge is -2.08. The molecule has 0 atom stereocenters. The zero-order valence-electron chi connectivity index (χ0n) is 13.5. The van der Waals surface area contributed by atoms with Crippen LogP contribution in [0.3, 0.4) is 0 Å². The predicted octanol–water partition coefficient (Wildman–Crippen LogP) is 2.45. The standard InChI is InChI=1S/C16H15N5O3S/c1-23-11-4-3-9(7-12(11)24-2)10-8-25-16(20-10)21-15(22)13-14(17)19-6-5-18-13/h3-8H,1-2H3,(H2,17,19)(H,20,21,22). The normalized spacial score (nSPS) is 10.3. The highest BCUT2D eigenvalue weighted by Gasteiger charge is 2.15. The Morgan fingerprint density at radius 2 is 1.92 bits per heavy atom. The molecule has 2 heterocycles. The first kappa shape index (κ1) is 16.7. The summed E-state index contributed by atoms with van der Waals surface area (Å²) >= 11 is 1.29. The number of nitrogen functional groups attached to an aromatic ring is 1. The molecule has 3 N–H and O–H groups in total. The molecule has 0 unspecified atom stereocenters. The molecule has 3 rings (SSSR count). The minimum Gasteiger partial charge on any atom is -0.493 e. The maximum absolute atomic E-state index is 12.2. The van der Waals surface area contributed by atoms with E-state index in [0.717, 1.165) is 5.56 Å². The van der Waals surface area contributed by atoms with Crippen LogP contribution in [0.1, 0.15) is 10.5 Å². The van der Waals surface area contributed by atoms with Gasteiger partial charge < -0.3 is 15.2 Å². The highest BCUT2D eigenvalue weighted by atomic mass is 32.1. The molecule has 0 saturated carbocycles. The van der Waals surface area contributed by atoms with Crippen molar-refractivity contribution in [1.29, 1.82) is 0 Å². The van der Waals surface area contributed by atoms with E-state index in [1.165, 1.54) is 23.7 Å². The van der Waals surface area contributed by atoms with Gasteiger partial charge in [-0.2, -0.15) is 0 Å². The first-order valence-electron chi connectivity index (χ1n) is 7.18. The second kappa shape index (κ2) is 7.14. The van der Waals surface area contributed by atoms with Gasteiger partial charge in [0.05, 0.1) is 19.9 Å². The molecular formula is C16H15N5O3S. The van der Waals surface area contributed by atoms with Crippen LogP contribution in [0.4, 0.5) is 10.9 Å². The number of carbonyl (C=O) groups excluding carboxylic acids is 1. The molecule has 8 nitrogen and oxygen atoms in total. The van der Waals surface area contributed by atoms with Crippen LogP contribution in [-0.4, -0.2) is 35.1 Å². The van der Waals surface area contributed by atoms with E-state index in [9.17, 15) is 4.79 Å². The Bertz CT molecular complexity index is 912. The lowest BCUT2D eigenvalue weighted by atomic mass is 10.1. The molecule has 0 bridgehead atoms. The van der Waals surface area contributed by atoms with Crippen molar-refractivity contribution in [2.24, 2.45) is 0 Å². The molecule has 128 valence electrons. The van der Waals surface area contributed by atoms with Crippen LogP contribution in [0.25, 0.3) is 11.3 Å². The third-order valence-electron chi connectivity index (χ3n) is 3.35. The fraction of sp³-hybridized carbons (Fsp3) is 0.125. The summed E-state index contributed by atoms with van der Waals surface area (Å²) in [6, 6.07) is 5.48. The van der Waals surface area contributed by atoms with Gasteiger partial charge in [0.1, 0.15) is 0 Å². The average Bonchev–Trinajstić information content (AvgIpc) is 3.09. The first-order chi connectivity index (χ1) is 12.1. The van der Waals surface area contributed by atoms with Gasteiger partial charge in [-0.3, -0.25) is 10.1 Å². The number of nitrogens with two attached hydrogens (primary N) is 1. The van der Waals surface area contributed by atoms with Crippen LogP contribution in [0.2, 0.25) is 0 Å². The van der Waals surface area contributed by atoms with Crippen molar-refractivity contribution in [2.75, 3.05) is 25.3 Å². The van der Waals surface area contributed by atoms with Gasteiger partial charge in [-0.15, -0.1) is 11.3 Å². The zero-order valence-corrected chi connectivity index (χ0v) is 14.3. The molecule has 25 heavy (non-hydrogen) atoms. The lowest BCUT2D eigenvalue weighted by Crippen LogP contribution is -2.16. The Balaban J connectivity index is 1.81. The van der Waals surface area contributed by atoms with Crippen LogP contribution in [0.5, 0.6) is 11.5 Å². The second-order valence-corrected chi connectivity index (χ2v) is 5.71. The van der Waals surface area contributed by atoms with Crippen molar-refractivity contribution in [3.8, 4) is 22.8 Å². The van der Waals surface area contributed by atoms with Gasteiger partial charge >= 0.3 is 0 Å². The Morgan fingerprint density at radius 1 is 1.16 bits per heavy atom. The summed E-state index contributed by atoms with van der Waals surface area (Å²) in [6.45, 7) is 0. The zero-order chi connectivity index (χ0) is 17.8. The van der Waals surface area contributed by atoms with Crippen LogP contribution < -0.4 is 20.5 Å². The Labute approximate surface area is 147 Å². The third kappa shape index (κ3) is 3.50. The number of nitrogens with one attached hydrogen (secondary N) is 1. The molecule has 3 aromatic rings. The van der Waals surface area contributed by atoms with E-state index in [4.69, 9.17) is 15.2 Å². The van der Waals surface area contributed by atoms with E-state index in [0.29, 0.717) is 22.3 Å². The van der Waals surface area contributed by atoms with E-state index < -0.39 is 5.91 Å². The number of thiazole rings is 1. The molecule has 0 aliphatic carbocycles. The molecular weight excluding hydrogens is 342 g/mol. The molecule has 0 fully saturated rings. The van der Waals surface area contributed by atoms with Gasteiger partial charge in [0.25, 0.3) is 5.91 Å². The van der Waals surface area contributed by atoms with E-state index in [-0.39, 0.29) is 11.5 Å². The molecule has 0 saturated heterocycles. The number of ether oxygens (including phenoxy) is 2. The molecule has 0 radical (unpaired) electrons. The second-order valence-electron chi connectivity index (χ2n) is 4.85. The number of hydrogen-bond donors (Lipinski definition) is 2. The SMILES string of the molecule is COc1ccc(-c2csc(NC(=O)c3nccnc3N)n2)cc1OC. The van der Waals surface area contributed by atoms with Gasteiger partial charge in [-0.05, 0) is 18.2 Å². The highest BCUT2D eigenvalue weighted by molar-refractivity contribution is 7.14. The summed E-state index contributed by atoms with van der Waals surface area (Å²) in [7, 11) is 3.14. The fourth-order valence-electron chi connectivity index (χ4n) is 2.14. The molecule has 0 spiro atoms. The van der Waals surface area contributed by atoms with Gasteiger partial charge in [-0.25, -0.2) is 15.0 Å². The van der Waals surface area contributed by atoms with Crippen LogP contribution in [0.15, 0.2) is 36.0 Å². The highest BCUT2D eigenvalue weighted by Crippen LogP contribution is 2.33. The van der Waals surface area contributed by atoms with Gasteiger partial charge in [0, 0.05) is 23.3 Å². The van der Waals surface area contributed by atoms with Crippen molar-refractivity contribution in [2.45, 2.75) is 0 Å². The minimum atomic E-state index is -0.459. The van der Waals surface area contributed by atoms with E-state index >= 15 is 0 Å². The number of anilines is 2. The topological polar surface area (TPSA) is 112 Å². The van der Waals surface area contributed by atoms with Crippen LogP contribution in [0, 0.1) is 0 Å². The van der Waals surface area contributed by atoms with E-state index in [1.807, 2.05) is 17.5 Å². The van der Waals surface area contributed by atoms with Gasteiger partial charge in [0.2, 0.25) is 0 Å². The van der Waals surface area contributed by atoms with Crippen LogP contribution >= 0.6 is 11.3 Å². The summed E-state index contributed by atoms with van der Waals surface area (Å²) in [5.74, 6) is 0.842. The van der Waals surface area contributed by atoms with Crippen molar-refractivity contribution in [1.82, 2.24) is 15.0 Å². The monoisotopic (exact) mass is 357 g/mol. The average molecular weight is 357 g/mol. The maximum atomic E-state index is 12.2. The lowest BCUT2D eigenvalue weighted by molar-refractivity contribution is 0.102. The van der Waals surface area contributed by atoms with Gasteiger partial charge in [-0.1, -0.05) is 0 Å². The van der Waals surface area contributed by atoms with E-state index in [1.54, 1.807) is 20.3 Å². The van der Waals surface area contributed by atoms with Crippen molar-refractivity contribution in [3.63, 3.8) is 0 Å². The summed E-state index contributed by atoms with van der Waals surface area (Å²) in [5.41, 5.74) is 7.26. The first-order valence-corrected chi connectivity index (χ1v) is 8.06. The largest absolute Gasteiger partial charge is 0.493 e. The molecule has 0 aliphatic heterocycles. The quantitative estimate of drug-likeness (QED) is 0.721. The smallest absolute Gasteiger partial charge is 0.279 e. The molecule has 0 aliphatic rings. The number of hydrogen-bond acceptors (Lipinski definition) is 8. The van der Waals surface area contributed by atoms with Crippen molar-refractivity contribution >= 4 is 28.2 Å². The Hall–Kier alpha value is -3.20. The number of rotatable bonds is 5. The van der Waals surface area contributed by atoms with Crippen molar-refractivity contribution in [3.05, 3.63) is 41.7 Å². The number of carbonyl (C=O) groups is 1. The predicted molar refractivity (Wildman–Crippen MR) is 95.1 cm³/mol. The molecule has 9 heteroatoms. The third-order valence-corrected chi connectivity index (χ3v) is 4.10. The molecule has 1 aromatic carbocycles. The summed E-state index contributed by atoms with van der Waals surface area (Å²) in [6.07, 6.45) is 2.83. The number of nitrogens with zero attached hydrogens (tertiary/aromatic N) is 3. The molecule has 2 aromatic heterocycles. The minimum absolute atomic E-state index is 0.0605. The number of aromatic nitrogens is 3. The van der Waals surface area contributed by atoms with E-state index in [2.05, 4.69) is 20.3 Å². The summed E-state index contributed by atoms with van der Waals surface area (Å²) in [5, 5.41) is 4.93. The number of methoxy groups -OCH3 is 2. The number of amides is 1. The fourth-order valence-corrected chi connectivity index (χ4v) is 2.85. The Morgan fingerprint density at radius 3 is 2.64 bits per heavy atom. The summed E-state index contributed by atoms with van der Waals surface area (Å²) < 4.78 is 10.5. The molecule has 1 amide bonds. The van der Waals surface area contributed by atoms with Gasteiger partial charge in [0.15, 0.2) is 28.1 Å². The van der Waals surface area contributed by atoms with Crippen molar-refractivity contribution < 1.29 is 14.3 Å². The Kier molecular flexibility index (Phi) is 4.75. The summed E-state index contributed by atoms with van der Waals surface area (Å²) in [4.78, 5) is 24.4. The van der Waals surface area contributed by atoms with Crippen LogP contribution in [-0.2, 0) is 0 Å². The maximum Gasteiger partial charge on any atom is 0.279 e.